The Morgan fingerprint density at radius 2 is 1.66 bits per heavy atom. The van der Waals surface area contributed by atoms with Crippen LogP contribution in [0.15, 0.2) is 47.5 Å². The van der Waals surface area contributed by atoms with E-state index in [1.165, 1.54) is 18.2 Å². The number of guanidine groups is 1. The van der Waals surface area contributed by atoms with E-state index >= 15 is 0 Å². The maximum Gasteiger partial charge on any atom is 0.191 e. The Morgan fingerprint density at radius 1 is 1.03 bits per heavy atom. The molecule has 0 unspecified atom stereocenters. The molecule has 0 aliphatic rings. The monoisotopic (exact) mass is 535 g/mol. The van der Waals surface area contributed by atoms with Crippen molar-refractivity contribution in [2.75, 3.05) is 20.4 Å². The summed E-state index contributed by atoms with van der Waals surface area (Å²) in [5.74, 6) is -0.0203. The normalized spacial score (nSPS) is 11.7. The highest BCUT2D eigenvalue weighted by atomic mass is 127. The molecule has 0 bridgehead atoms. The molecule has 29 heavy (non-hydrogen) atoms. The van der Waals surface area contributed by atoms with Gasteiger partial charge in [-0.05, 0) is 34.4 Å². The fraction of sp³-hybridized carbons (Fsp3) is 0.350. The van der Waals surface area contributed by atoms with Gasteiger partial charge in [-0.3, -0.25) is 4.99 Å². The smallest absolute Gasteiger partial charge is 0.191 e. The summed E-state index contributed by atoms with van der Waals surface area (Å²) in [6, 6.07) is 12.0. The summed E-state index contributed by atoms with van der Waals surface area (Å²) in [5, 5.41) is 6.32. The number of hydrogen-bond acceptors (Lipinski definition) is 4. The highest BCUT2D eigenvalue weighted by Crippen LogP contribution is 2.14. The molecule has 0 aliphatic carbocycles. The predicted octanol–water partition coefficient (Wildman–Crippen LogP) is 3.00. The molecule has 0 amide bonds. The molecule has 2 aromatic carbocycles. The minimum atomic E-state index is -3.22. The second kappa shape index (κ2) is 12.1. The summed E-state index contributed by atoms with van der Waals surface area (Å²) in [6.45, 7) is 1.31. The van der Waals surface area contributed by atoms with Gasteiger partial charge in [0.15, 0.2) is 15.8 Å². The molecule has 0 saturated carbocycles. The van der Waals surface area contributed by atoms with Gasteiger partial charge in [0.05, 0.1) is 12.4 Å². The van der Waals surface area contributed by atoms with E-state index < -0.39 is 15.7 Å². The van der Waals surface area contributed by atoms with Gasteiger partial charge < -0.3 is 15.4 Å². The van der Waals surface area contributed by atoms with E-state index in [0.29, 0.717) is 30.2 Å². The molecule has 0 aliphatic heterocycles. The third-order valence-electron chi connectivity index (χ3n) is 4.12. The molecule has 0 saturated heterocycles. The molecule has 0 atom stereocenters. The summed E-state index contributed by atoms with van der Waals surface area (Å²) in [4.78, 5) is 4.17. The molecule has 0 spiro atoms. The van der Waals surface area contributed by atoms with Crippen molar-refractivity contribution in [1.82, 2.24) is 10.6 Å². The molecule has 0 radical (unpaired) electrons. The Hall–Kier alpha value is -1.72. The van der Waals surface area contributed by atoms with Crippen molar-refractivity contribution >= 4 is 39.8 Å². The molecular formula is C20H27FIN3O3S. The topological polar surface area (TPSA) is 79.8 Å². The second-order valence-corrected chi connectivity index (χ2v) is 8.60. The Labute approximate surface area is 188 Å². The third-order valence-corrected chi connectivity index (χ3v) is 4.96. The fourth-order valence-electron chi connectivity index (χ4n) is 2.79. The number of aliphatic imine (C=N–C) groups is 1. The van der Waals surface area contributed by atoms with Gasteiger partial charge >= 0.3 is 0 Å². The number of sulfone groups is 1. The van der Waals surface area contributed by atoms with Crippen LogP contribution in [0.1, 0.15) is 22.3 Å². The van der Waals surface area contributed by atoms with Gasteiger partial charge in [-0.2, -0.15) is 0 Å². The van der Waals surface area contributed by atoms with Crippen LogP contribution in [0.25, 0.3) is 0 Å². The van der Waals surface area contributed by atoms with Gasteiger partial charge in [-0.15, -0.1) is 24.0 Å². The van der Waals surface area contributed by atoms with Gasteiger partial charge in [-0.1, -0.05) is 30.3 Å². The SMILES string of the molecule is CN=C(NCc1ccccc1COC)NCc1cc(F)ccc1CS(C)(=O)=O.I. The molecule has 0 fully saturated rings. The highest BCUT2D eigenvalue weighted by molar-refractivity contribution is 14.0. The van der Waals surface area contributed by atoms with E-state index in [9.17, 15) is 12.8 Å². The van der Waals surface area contributed by atoms with Crippen molar-refractivity contribution in [3.63, 3.8) is 0 Å². The van der Waals surface area contributed by atoms with Gasteiger partial charge in [0.25, 0.3) is 0 Å². The maximum absolute atomic E-state index is 13.6. The zero-order chi connectivity index (χ0) is 20.6. The Morgan fingerprint density at radius 3 is 2.24 bits per heavy atom. The summed E-state index contributed by atoms with van der Waals surface area (Å²) in [6.07, 6.45) is 1.16. The van der Waals surface area contributed by atoms with Crippen molar-refractivity contribution < 1.29 is 17.5 Å². The first-order valence-corrected chi connectivity index (χ1v) is 10.8. The summed E-state index contributed by atoms with van der Waals surface area (Å²) >= 11 is 0. The molecule has 0 aromatic heterocycles. The number of rotatable bonds is 8. The zero-order valence-corrected chi connectivity index (χ0v) is 19.9. The third kappa shape index (κ3) is 8.67. The van der Waals surface area contributed by atoms with E-state index in [-0.39, 0.29) is 36.3 Å². The Kier molecular flexibility index (Phi) is 10.5. The van der Waals surface area contributed by atoms with Gasteiger partial charge in [-0.25, -0.2) is 12.8 Å². The van der Waals surface area contributed by atoms with Crippen molar-refractivity contribution in [3.05, 3.63) is 70.5 Å². The lowest BCUT2D eigenvalue weighted by Gasteiger charge is -2.15. The van der Waals surface area contributed by atoms with Crippen molar-refractivity contribution in [2.45, 2.75) is 25.4 Å². The highest BCUT2D eigenvalue weighted by Gasteiger charge is 2.11. The van der Waals surface area contributed by atoms with Crippen LogP contribution >= 0.6 is 24.0 Å². The van der Waals surface area contributed by atoms with Crippen molar-refractivity contribution in [1.29, 1.82) is 0 Å². The lowest BCUT2D eigenvalue weighted by molar-refractivity contribution is 0.184. The van der Waals surface area contributed by atoms with Crippen LogP contribution in [0.3, 0.4) is 0 Å². The first kappa shape index (κ1) is 25.3. The van der Waals surface area contributed by atoms with Gasteiger partial charge in [0.1, 0.15) is 5.82 Å². The standard InChI is InChI=1S/C20H26FN3O3S.HI/c1-22-20(23-11-15-6-4-5-7-16(15)13-27-2)24-12-18-10-19(21)9-8-17(18)14-28(3,25)26;/h4-10H,11-14H2,1-3H3,(H2,22,23,24);1H. The average Bonchev–Trinajstić information content (AvgIpc) is 2.64. The summed E-state index contributed by atoms with van der Waals surface area (Å²) < 4.78 is 42.1. The van der Waals surface area contributed by atoms with E-state index in [1.807, 2.05) is 24.3 Å². The minimum Gasteiger partial charge on any atom is -0.380 e. The Balaban J connectivity index is 0.00000420. The van der Waals surface area contributed by atoms with Crippen LogP contribution in [0.4, 0.5) is 4.39 Å². The quantitative estimate of drug-likeness (QED) is 0.309. The number of hydrogen-bond donors (Lipinski definition) is 2. The first-order valence-electron chi connectivity index (χ1n) is 8.77. The maximum atomic E-state index is 13.6. The average molecular weight is 535 g/mol. The van der Waals surface area contributed by atoms with E-state index in [1.54, 1.807) is 14.2 Å². The first-order chi connectivity index (χ1) is 13.3. The van der Waals surface area contributed by atoms with Crippen LogP contribution in [-0.4, -0.2) is 34.8 Å². The molecule has 0 heterocycles. The Bertz CT molecular complexity index is 936. The molecule has 2 N–H and O–H groups in total. The van der Waals surface area contributed by atoms with Crippen LogP contribution < -0.4 is 10.6 Å². The summed E-state index contributed by atoms with van der Waals surface area (Å²) in [7, 11) is 0.0677. The number of ether oxygens (including phenoxy) is 1. The van der Waals surface area contributed by atoms with Crippen LogP contribution in [0, 0.1) is 5.82 Å². The molecule has 6 nitrogen and oxygen atoms in total. The minimum absolute atomic E-state index is 0. The molecule has 2 rings (SSSR count). The van der Waals surface area contributed by atoms with E-state index in [0.717, 1.165) is 17.4 Å². The fourth-order valence-corrected chi connectivity index (χ4v) is 3.63. The van der Waals surface area contributed by atoms with Crippen LogP contribution in [-0.2, 0) is 40.0 Å². The lowest BCUT2D eigenvalue weighted by Crippen LogP contribution is -2.36. The molecular weight excluding hydrogens is 508 g/mol. The second-order valence-electron chi connectivity index (χ2n) is 6.46. The number of benzene rings is 2. The van der Waals surface area contributed by atoms with Crippen LogP contribution in [0.2, 0.25) is 0 Å². The summed E-state index contributed by atoms with van der Waals surface area (Å²) in [5.41, 5.74) is 3.30. The van der Waals surface area contributed by atoms with Gasteiger partial charge in [0.2, 0.25) is 0 Å². The predicted molar refractivity (Wildman–Crippen MR) is 125 cm³/mol. The van der Waals surface area contributed by atoms with Crippen molar-refractivity contribution in [2.24, 2.45) is 4.99 Å². The van der Waals surface area contributed by atoms with E-state index in [4.69, 9.17) is 4.74 Å². The number of nitrogens with one attached hydrogen (secondary N) is 2. The number of halogens is 2. The largest absolute Gasteiger partial charge is 0.380 e. The van der Waals surface area contributed by atoms with Crippen molar-refractivity contribution in [3.8, 4) is 0 Å². The molecule has 2 aromatic rings. The lowest BCUT2D eigenvalue weighted by atomic mass is 10.1. The zero-order valence-electron chi connectivity index (χ0n) is 16.7. The van der Waals surface area contributed by atoms with Gasteiger partial charge in [0, 0.05) is 33.5 Å². The van der Waals surface area contributed by atoms with E-state index in [2.05, 4.69) is 15.6 Å². The van der Waals surface area contributed by atoms with Crippen LogP contribution in [0.5, 0.6) is 0 Å². The molecule has 160 valence electrons. The number of methoxy groups -OCH3 is 1. The number of nitrogens with zero attached hydrogens (tertiary/aromatic N) is 1. The molecule has 9 heteroatoms.